The summed E-state index contributed by atoms with van der Waals surface area (Å²) in [7, 11) is 0. The summed E-state index contributed by atoms with van der Waals surface area (Å²) in [5.41, 5.74) is 6.74. The van der Waals surface area contributed by atoms with Crippen molar-refractivity contribution in [2.24, 2.45) is 5.73 Å². The number of halogens is 1. The van der Waals surface area contributed by atoms with Crippen LogP contribution in [0.5, 0.6) is 0 Å². The molecule has 0 atom stereocenters. The predicted molar refractivity (Wildman–Crippen MR) is 78.5 cm³/mol. The number of nitrogens with one attached hydrogen (secondary N) is 2. The number of carbonyl (C=O) groups is 2. The molecule has 0 unspecified atom stereocenters. The van der Waals surface area contributed by atoms with Gasteiger partial charge in [0, 0.05) is 16.9 Å². The topological polar surface area (TPSA) is 84.2 Å². The maximum atomic E-state index is 12.7. The minimum Gasteiger partial charge on any atom is -0.376 e. The molecule has 2 rings (SSSR count). The highest BCUT2D eigenvalue weighted by Gasteiger charge is 2.03. The second-order valence-corrected chi connectivity index (χ2v) is 4.35. The second-order valence-electron chi connectivity index (χ2n) is 4.35. The third-order valence-corrected chi connectivity index (χ3v) is 2.75. The van der Waals surface area contributed by atoms with Gasteiger partial charge in [-0.3, -0.25) is 9.59 Å². The standard InChI is InChI=1S/C15H14FN3O2/c16-11-3-7-13(8-4-11)19-14(20)9-18-12-5-1-10(2-6-12)15(17)21/h1-8,18H,9H2,(H2,17,21)(H,19,20). The first-order valence-corrected chi connectivity index (χ1v) is 6.24. The first kappa shape index (κ1) is 14.5. The fourth-order valence-corrected chi connectivity index (χ4v) is 1.67. The van der Waals surface area contributed by atoms with Crippen LogP contribution in [0.25, 0.3) is 0 Å². The van der Waals surface area contributed by atoms with Crippen LogP contribution in [0.15, 0.2) is 48.5 Å². The Bertz CT molecular complexity index is 639. The van der Waals surface area contributed by atoms with Crippen LogP contribution >= 0.6 is 0 Å². The van der Waals surface area contributed by atoms with Crippen molar-refractivity contribution in [1.82, 2.24) is 0 Å². The van der Waals surface area contributed by atoms with E-state index >= 15 is 0 Å². The van der Waals surface area contributed by atoms with Gasteiger partial charge in [-0.1, -0.05) is 0 Å². The number of hydrogen-bond acceptors (Lipinski definition) is 3. The molecule has 0 aromatic heterocycles. The zero-order valence-electron chi connectivity index (χ0n) is 11.1. The van der Waals surface area contributed by atoms with Crippen molar-refractivity contribution in [3.05, 3.63) is 59.9 Å². The molecule has 2 aromatic rings. The van der Waals surface area contributed by atoms with Gasteiger partial charge in [0.1, 0.15) is 5.82 Å². The zero-order chi connectivity index (χ0) is 15.2. The van der Waals surface area contributed by atoms with Gasteiger partial charge in [-0.25, -0.2) is 4.39 Å². The highest BCUT2D eigenvalue weighted by molar-refractivity contribution is 5.94. The minimum absolute atomic E-state index is 0.0489. The molecule has 0 saturated heterocycles. The number of hydrogen-bond donors (Lipinski definition) is 3. The Kier molecular flexibility index (Phi) is 4.50. The van der Waals surface area contributed by atoms with E-state index in [0.29, 0.717) is 16.9 Å². The van der Waals surface area contributed by atoms with Crippen LogP contribution in [0.2, 0.25) is 0 Å². The predicted octanol–water partition coefficient (Wildman–Crippen LogP) is 1.98. The summed E-state index contributed by atoms with van der Waals surface area (Å²) in [6, 6.07) is 12.0. The summed E-state index contributed by atoms with van der Waals surface area (Å²) in [6.45, 7) is 0.0489. The number of carbonyl (C=O) groups excluding carboxylic acids is 2. The quantitative estimate of drug-likeness (QED) is 0.786. The molecule has 0 bridgehead atoms. The van der Waals surface area contributed by atoms with Crippen LogP contribution in [0.3, 0.4) is 0 Å². The Balaban J connectivity index is 1.86. The van der Waals surface area contributed by atoms with E-state index in [1.165, 1.54) is 24.3 Å². The van der Waals surface area contributed by atoms with Gasteiger partial charge in [-0.2, -0.15) is 0 Å². The minimum atomic E-state index is -0.504. The highest BCUT2D eigenvalue weighted by atomic mass is 19.1. The first-order valence-electron chi connectivity index (χ1n) is 6.24. The molecule has 0 aliphatic carbocycles. The van der Waals surface area contributed by atoms with Gasteiger partial charge in [-0.15, -0.1) is 0 Å². The SMILES string of the molecule is NC(=O)c1ccc(NCC(=O)Nc2ccc(F)cc2)cc1. The first-order chi connectivity index (χ1) is 10.0. The van der Waals surface area contributed by atoms with Crippen molar-refractivity contribution in [1.29, 1.82) is 0 Å². The van der Waals surface area contributed by atoms with Gasteiger partial charge < -0.3 is 16.4 Å². The lowest BCUT2D eigenvalue weighted by Crippen LogP contribution is -2.21. The number of amides is 2. The summed E-state index contributed by atoms with van der Waals surface area (Å²) in [5.74, 6) is -1.13. The number of nitrogens with two attached hydrogens (primary N) is 1. The lowest BCUT2D eigenvalue weighted by Gasteiger charge is -2.08. The average Bonchev–Trinajstić information content (AvgIpc) is 2.48. The number of primary amides is 1. The van der Waals surface area contributed by atoms with Crippen LogP contribution in [-0.2, 0) is 4.79 Å². The molecule has 108 valence electrons. The van der Waals surface area contributed by atoms with Crippen molar-refractivity contribution in [2.45, 2.75) is 0 Å². The Hall–Kier alpha value is -2.89. The lowest BCUT2D eigenvalue weighted by molar-refractivity contribution is -0.114. The van der Waals surface area contributed by atoms with E-state index in [2.05, 4.69) is 10.6 Å². The molecule has 21 heavy (non-hydrogen) atoms. The van der Waals surface area contributed by atoms with Crippen molar-refractivity contribution < 1.29 is 14.0 Å². The van der Waals surface area contributed by atoms with Crippen molar-refractivity contribution in [3.8, 4) is 0 Å². The number of anilines is 2. The van der Waals surface area contributed by atoms with Crippen LogP contribution in [0.4, 0.5) is 15.8 Å². The van der Waals surface area contributed by atoms with Crippen LogP contribution < -0.4 is 16.4 Å². The Morgan fingerprint density at radius 2 is 1.52 bits per heavy atom. The number of benzene rings is 2. The van der Waals surface area contributed by atoms with Gasteiger partial charge in [0.15, 0.2) is 0 Å². The van der Waals surface area contributed by atoms with Gasteiger partial charge in [0.2, 0.25) is 11.8 Å². The normalized spacial score (nSPS) is 9.95. The molecule has 0 saturated carbocycles. The molecule has 0 heterocycles. The molecule has 4 N–H and O–H groups in total. The molecule has 5 nitrogen and oxygen atoms in total. The van der Waals surface area contributed by atoms with E-state index in [4.69, 9.17) is 5.73 Å². The molecule has 0 aliphatic heterocycles. The van der Waals surface area contributed by atoms with Crippen molar-refractivity contribution in [3.63, 3.8) is 0 Å². The maximum absolute atomic E-state index is 12.7. The summed E-state index contributed by atoms with van der Waals surface area (Å²) in [5, 5.41) is 5.53. The van der Waals surface area contributed by atoms with E-state index < -0.39 is 5.91 Å². The van der Waals surface area contributed by atoms with E-state index in [-0.39, 0.29) is 18.3 Å². The third-order valence-electron chi connectivity index (χ3n) is 2.75. The molecule has 6 heteroatoms. The fourth-order valence-electron chi connectivity index (χ4n) is 1.67. The zero-order valence-corrected chi connectivity index (χ0v) is 11.1. The molecule has 0 aliphatic rings. The molecular formula is C15H14FN3O2. The van der Waals surface area contributed by atoms with Crippen LogP contribution in [0, 0.1) is 5.82 Å². The Labute approximate surface area is 121 Å². The molecule has 0 radical (unpaired) electrons. The van der Waals surface area contributed by atoms with E-state index in [0.717, 1.165) is 0 Å². The maximum Gasteiger partial charge on any atom is 0.248 e. The largest absolute Gasteiger partial charge is 0.376 e. The fraction of sp³-hybridized carbons (Fsp3) is 0.0667. The van der Waals surface area contributed by atoms with Crippen molar-refractivity contribution in [2.75, 3.05) is 17.2 Å². The van der Waals surface area contributed by atoms with Gasteiger partial charge in [0.05, 0.1) is 6.54 Å². The van der Waals surface area contributed by atoms with E-state index in [9.17, 15) is 14.0 Å². The van der Waals surface area contributed by atoms with Gasteiger partial charge in [0.25, 0.3) is 0 Å². The summed E-state index contributed by atoms with van der Waals surface area (Å²) < 4.78 is 12.7. The van der Waals surface area contributed by atoms with Gasteiger partial charge >= 0.3 is 0 Å². The molecule has 0 fully saturated rings. The third kappa shape index (κ3) is 4.31. The number of rotatable bonds is 5. The molecular weight excluding hydrogens is 273 g/mol. The average molecular weight is 287 g/mol. The van der Waals surface area contributed by atoms with E-state index in [1.54, 1.807) is 24.3 Å². The molecule has 2 amide bonds. The summed E-state index contributed by atoms with van der Waals surface area (Å²) in [4.78, 5) is 22.6. The van der Waals surface area contributed by atoms with E-state index in [1.807, 2.05) is 0 Å². The Morgan fingerprint density at radius 1 is 0.952 bits per heavy atom. The second kappa shape index (κ2) is 6.51. The summed E-state index contributed by atoms with van der Waals surface area (Å²) in [6.07, 6.45) is 0. The summed E-state index contributed by atoms with van der Waals surface area (Å²) >= 11 is 0. The highest BCUT2D eigenvalue weighted by Crippen LogP contribution is 2.10. The lowest BCUT2D eigenvalue weighted by atomic mass is 10.2. The van der Waals surface area contributed by atoms with Crippen molar-refractivity contribution >= 4 is 23.2 Å². The monoisotopic (exact) mass is 287 g/mol. The van der Waals surface area contributed by atoms with Crippen LogP contribution in [-0.4, -0.2) is 18.4 Å². The Morgan fingerprint density at radius 3 is 2.10 bits per heavy atom. The molecule has 2 aromatic carbocycles. The smallest absolute Gasteiger partial charge is 0.248 e. The van der Waals surface area contributed by atoms with Gasteiger partial charge in [-0.05, 0) is 48.5 Å². The molecule has 0 spiro atoms. The van der Waals surface area contributed by atoms with Crippen LogP contribution in [0.1, 0.15) is 10.4 Å².